The molecule has 1 saturated heterocycles. The zero-order chi connectivity index (χ0) is 25.6. The van der Waals surface area contributed by atoms with E-state index in [1.54, 1.807) is 0 Å². The van der Waals surface area contributed by atoms with Gasteiger partial charge in [-0.1, -0.05) is 33.6 Å². The molecule has 3 rings (SSSR count). The van der Waals surface area contributed by atoms with Gasteiger partial charge in [-0.25, -0.2) is 9.59 Å². The van der Waals surface area contributed by atoms with E-state index in [0.29, 0.717) is 0 Å². The van der Waals surface area contributed by atoms with Crippen molar-refractivity contribution in [2.45, 2.75) is 96.6 Å². The van der Waals surface area contributed by atoms with Crippen molar-refractivity contribution in [2.75, 3.05) is 26.2 Å². The molecule has 4 atom stereocenters. The molecule has 0 aromatic carbocycles. The molecule has 3 aliphatic rings. The van der Waals surface area contributed by atoms with E-state index in [4.69, 9.17) is 19.7 Å². The maximum atomic E-state index is 10.6. The molecule has 33 heavy (non-hydrogen) atoms. The second-order valence-corrected chi connectivity index (χ2v) is 7.78. The fraction of sp³-hybridized carbons (Fsp3) is 0.792. The minimum absolute atomic E-state index is 0.0706. The molecule has 2 N–H and O–H groups in total. The molecule has 0 amide bonds. The van der Waals surface area contributed by atoms with Gasteiger partial charge in [0.25, 0.3) is 0 Å². The van der Waals surface area contributed by atoms with Crippen LogP contribution in [0, 0.1) is 19.8 Å². The number of hydrogen-bond acceptors (Lipinski definition) is 8. The Hall–Kier alpha value is -1.66. The number of ether oxygens (including phenoxy) is 3. The summed E-state index contributed by atoms with van der Waals surface area (Å²) in [5.74, 6) is 0. The average molecular weight is 493 g/mol. The maximum Gasteiger partial charge on any atom is 0.509 e. The van der Waals surface area contributed by atoms with Gasteiger partial charge in [0.2, 0.25) is 6.61 Å². The number of carbonyl (C=O) groups is 2. The van der Waals surface area contributed by atoms with Gasteiger partial charge in [0.05, 0.1) is 12.2 Å². The van der Waals surface area contributed by atoms with Gasteiger partial charge in [-0.05, 0) is 58.2 Å². The molecule has 2 saturated carbocycles. The molecular formula is C24H43ClNO7+. The van der Waals surface area contributed by atoms with E-state index in [-0.39, 0.29) is 18.8 Å². The molecule has 3 fully saturated rings. The van der Waals surface area contributed by atoms with Crippen molar-refractivity contribution in [3.05, 3.63) is 6.92 Å². The van der Waals surface area contributed by atoms with Crippen LogP contribution in [-0.2, 0) is 14.2 Å². The normalized spacial score (nSPS) is 24.8. The molecule has 8 nitrogen and oxygen atoms in total. The zero-order valence-corrected chi connectivity index (χ0v) is 21.2. The Kier molecular flexibility index (Phi) is 22.5. The fourth-order valence-electron chi connectivity index (χ4n) is 3.45. The molecule has 1 heterocycles. The van der Waals surface area contributed by atoms with Crippen LogP contribution in [0.4, 0.5) is 9.59 Å². The highest BCUT2D eigenvalue weighted by atomic mass is 35.5. The van der Waals surface area contributed by atoms with Crippen molar-refractivity contribution < 1.29 is 34.0 Å². The molecule has 4 unspecified atom stereocenters. The predicted molar refractivity (Wildman–Crippen MR) is 130 cm³/mol. The van der Waals surface area contributed by atoms with Gasteiger partial charge in [0.1, 0.15) is 19.1 Å². The van der Waals surface area contributed by atoms with Crippen LogP contribution in [0.1, 0.15) is 72.1 Å². The quantitative estimate of drug-likeness (QED) is 0.255. The Morgan fingerprint density at radius 1 is 0.970 bits per heavy atom. The summed E-state index contributed by atoms with van der Waals surface area (Å²) in [7, 11) is 0. The van der Waals surface area contributed by atoms with Crippen LogP contribution in [0.3, 0.4) is 0 Å². The second kappa shape index (κ2) is 22.1. The van der Waals surface area contributed by atoms with Crippen molar-refractivity contribution >= 4 is 23.2 Å². The smallest absolute Gasteiger partial charge is 0.427 e. The van der Waals surface area contributed by atoms with E-state index < -0.39 is 23.8 Å². The van der Waals surface area contributed by atoms with E-state index in [1.807, 2.05) is 0 Å². The summed E-state index contributed by atoms with van der Waals surface area (Å²) in [6.45, 7) is 13.4. The van der Waals surface area contributed by atoms with Crippen molar-refractivity contribution in [3.63, 3.8) is 0 Å². The number of nitrogens with zero attached hydrogens (tertiary/aromatic N) is 1. The van der Waals surface area contributed by atoms with Gasteiger partial charge >= 0.3 is 11.6 Å². The molecule has 1 aliphatic heterocycles. The number of hydrogen-bond donors (Lipinski definition) is 2. The Morgan fingerprint density at radius 2 is 1.33 bits per heavy atom. The van der Waals surface area contributed by atoms with E-state index in [1.165, 1.54) is 19.6 Å². The zero-order valence-electron chi connectivity index (χ0n) is 20.4. The number of aliphatic hydroxyl groups excluding tert-OH is 2. The highest BCUT2D eigenvalue weighted by molar-refractivity contribution is 6.61. The summed E-state index contributed by atoms with van der Waals surface area (Å²) in [5, 5.41) is 17.9. The maximum absolute atomic E-state index is 10.6. The van der Waals surface area contributed by atoms with Crippen molar-refractivity contribution in [3.8, 4) is 12.8 Å². The summed E-state index contributed by atoms with van der Waals surface area (Å²) in [6, 6.07) is 0. The molecule has 0 aromatic heterocycles. The molecule has 2 aliphatic carbocycles. The molecule has 0 radical (unpaired) electrons. The Bertz CT molecular complexity index is 483. The van der Waals surface area contributed by atoms with Crippen LogP contribution in [0.25, 0.3) is 0 Å². The number of aliphatic hydroxyl groups is 2. The third-order valence-corrected chi connectivity index (χ3v) is 5.50. The van der Waals surface area contributed by atoms with Crippen LogP contribution in [0.15, 0.2) is 0 Å². The lowest BCUT2D eigenvalue weighted by atomic mass is 9.95. The van der Waals surface area contributed by atoms with Gasteiger partial charge in [0.15, 0.2) is 0 Å². The van der Waals surface area contributed by atoms with Crippen LogP contribution in [-0.4, -0.2) is 77.4 Å². The van der Waals surface area contributed by atoms with E-state index in [2.05, 4.69) is 61.8 Å². The Labute approximate surface area is 204 Å². The Morgan fingerprint density at radius 3 is 1.55 bits per heavy atom. The van der Waals surface area contributed by atoms with Gasteiger partial charge in [0, 0.05) is 11.6 Å². The SMILES string of the molecule is C#C.CCN(CC)CC.O=C1OC2CCCCC2O1.OC1CCCCC1O.[CH2+]COC(=O)Cl. The third kappa shape index (κ3) is 17.5. The summed E-state index contributed by atoms with van der Waals surface area (Å²) in [5.41, 5.74) is -0.801. The topological polar surface area (TPSA) is 106 Å². The number of halogens is 1. The van der Waals surface area contributed by atoms with Gasteiger partial charge in [-0.2, -0.15) is 0 Å². The third-order valence-electron chi connectivity index (χ3n) is 5.39. The summed E-state index contributed by atoms with van der Waals surface area (Å²) in [4.78, 5) is 22.5. The summed E-state index contributed by atoms with van der Waals surface area (Å²) in [6.07, 6.45) is 14.8. The second-order valence-electron chi connectivity index (χ2n) is 7.47. The van der Waals surface area contributed by atoms with Crippen molar-refractivity contribution in [2.24, 2.45) is 0 Å². The largest absolute Gasteiger partial charge is 0.509 e. The monoisotopic (exact) mass is 492 g/mol. The standard InChI is InChI=1S/C7H10O3.C6H15N.C6H12O2.C3H4ClO2.C2H2/c8-7-9-5-3-1-2-4-6(5)10-7;1-4-7(5-2)6-3;7-5-3-1-2-4-6(5)8;1-2-6-3(4)5;1-2/h5-6H,1-4H2;4-6H2,1-3H3;5-8H,1-4H2;1-2H2;1-2H/q;;;+1;. The lowest BCUT2D eigenvalue weighted by molar-refractivity contribution is -0.00865. The highest BCUT2D eigenvalue weighted by Gasteiger charge is 2.37. The molecule has 0 spiro atoms. The average Bonchev–Trinajstić information content (AvgIpc) is 3.20. The molecule has 9 heteroatoms. The highest BCUT2D eigenvalue weighted by Crippen LogP contribution is 2.28. The lowest BCUT2D eigenvalue weighted by Gasteiger charge is -2.22. The molecule has 192 valence electrons. The first-order valence-corrected chi connectivity index (χ1v) is 12.1. The van der Waals surface area contributed by atoms with Crippen LogP contribution in [0.2, 0.25) is 0 Å². The van der Waals surface area contributed by atoms with Crippen molar-refractivity contribution in [1.82, 2.24) is 4.90 Å². The first-order valence-electron chi connectivity index (χ1n) is 11.7. The molecule has 0 bridgehead atoms. The number of rotatable bonds is 4. The van der Waals surface area contributed by atoms with E-state index in [0.717, 1.165) is 51.4 Å². The van der Waals surface area contributed by atoms with Gasteiger partial charge in [-0.3, -0.25) is 0 Å². The molecule has 0 aromatic rings. The lowest BCUT2D eigenvalue weighted by Crippen LogP contribution is -2.28. The van der Waals surface area contributed by atoms with E-state index in [9.17, 15) is 9.59 Å². The van der Waals surface area contributed by atoms with Crippen LogP contribution in [0.5, 0.6) is 0 Å². The fourth-order valence-corrected chi connectivity index (χ4v) is 3.53. The first-order chi connectivity index (χ1) is 15.8. The van der Waals surface area contributed by atoms with E-state index >= 15 is 0 Å². The minimum atomic E-state index is -0.801. The Balaban J connectivity index is 0. The predicted octanol–water partition coefficient (Wildman–Crippen LogP) is 4.54. The number of carbonyl (C=O) groups excluding carboxylic acids is 2. The van der Waals surface area contributed by atoms with Crippen molar-refractivity contribution in [1.29, 1.82) is 0 Å². The van der Waals surface area contributed by atoms with Gasteiger partial charge in [-0.15, -0.1) is 12.8 Å². The number of fused-ring (bicyclic) bond motifs is 1. The number of terminal acetylenes is 1. The van der Waals surface area contributed by atoms with Crippen LogP contribution < -0.4 is 0 Å². The van der Waals surface area contributed by atoms with Gasteiger partial charge < -0.3 is 29.3 Å². The molecular weight excluding hydrogens is 450 g/mol. The summed E-state index contributed by atoms with van der Waals surface area (Å²) < 4.78 is 13.9. The minimum Gasteiger partial charge on any atom is -0.427 e. The first kappa shape index (κ1) is 33.5. The summed E-state index contributed by atoms with van der Waals surface area (Å²) >= 11 is 4.68. The van der Waals surface area contributed by atoms with Crippen LogP contribution >= 0.6 is 11.6 Å².